The summed E-state index contributed by atoms with van der Waals surface area (Å²) in [5.74, 6) is 0.743. The van der Waals surface area contributed by atoms with Gasteiger partial charge in [0, 0.05) is 19.6 Å². The molecule has 0 spiro atoms. The van der Waals surface area contributed by atoms with Crippen molar-refractivity contribution in [1.29, 1.82) is 0 Å². The van der Waals surface area contributed by atoms with Crippen LogP contribution in [-0.4, -0.2) is 38.7 Å². The second-order valence-electron chi connectivity index (χ2n) is 7.07. The number of amides is 1. The minimum Gasteiger partial charge on any atom is -0.350 e. The van der Waals surface area contributed by atoms with Crippen molar-refractivity contribution in [2.24, 2.45) is 5.92 Å². The van der Waals surface area contributed by atoms with Crippen molar-refractivity contribution < 1.29 is 4.79 Å². The molecule has 2 atom stereocenters. The van der Waals surface area contributed by atoms with Crippen molar-refractivity contribution in [1.82, 2.24) is 25.0 Å². The fourth-order valence-corrected chi connectivity index (χ4v) is 3.33. The zero-order valence-corrected chi connectivity index (χ0v) is 15.1. The molecule has 1 aromatic heterocycles. The van der Waals surface area contributed by atoms with Crippen LogP contribution in [0, 0.1) is 5.92 Å². The van der Waals surface area contributed by atoms with Gasteiger partial charge in [0.2, 0.25) is 5.91 Å². The van der Waals surface area contributed by atoms with Crippen molar-refractivity contribution in [2.75, 3.05) is 13.1 Å². The largest absolute Gasteiger partial charge is 0.350 e. The van der Waals surface area contributed by atoms with Crippen molar-refractivity contribution in [2.45, 2.75) is 45.8 Å². The molecule has 3 rings (SSSR count). The molecule has 0 radical (unpaired) electrons. The van der Waals surface area contributed by atoms with Crippen molar-refractivity contribution >= 4 is 5.91 Å². The zero-order chi connectivity index (χ0) is 17.6. The van der Waals surface area contributed by atoms with Gasteiger partial charge in [-0.05, 0) is 43.4 Å². The van der Waals surface area contributed by atoms with Gasteiger partial charge in [-0.3, -0.25) is 9.69 Å². The van der Waals surface area contributed by atoms with Crippen LogP contribution in [0.15, 0.2) is 36.9 Å². The van der Waals surface area contributed by atoms with Gasteiger partial charge in [-0.2, -0.15) is 5.10 Å². The number of benzene rings is 1. The first-order valence-corrected chi connectivity index (χ1v) is 9.04. The molecule has 134 valence electrons. The first-order chi connectivity index (χ1) is 12.1. The number of nitrogens with one attached hydrogen (secondary N) is 1. The van der Waals surface area contributed by atoms with Crippen LogP contribution in [0.4, 0.5) is 0 Å². The molecule has 1 aromatic carbocycles. The lowest BCUT2D eigenvalue weighted by atomic mass is 9.99. The lowest BCUT2D eigenvalue weighted by Crippen LogP contribution is -2.33. The summed E-state index contributed by atoms with van der Waals surface area (Å²) in [5, 5.41) is 6.96. The Morgan fingerprint density at radius 2 is 2.08 bits per heavy atom. The Hall–Kier alpha value is -2.21. The standard InChI is InChI=1S/C19H27N5O/c1-15-4-3-9-23(11-15)12-18-7-5-17(6-8-18)10-21-19(25)16(2)24-14-20-13-22-24/h5-8,13-16H,3-4,9-12H2,1-2H3,(H,21,25). The summed E-state index contributed by atoms with van der Waals surface area (Å²) in [6.45, 7) is 8.07. The highest BCUT2D eigenvalue weighted by molar-refractivity contribution is 5.79. The highest BCUT2D eigenvalue weighted by Crippen LogP contribution is 2.18. The number of piperidine rings is 1. The lowest BCUT2D eigenvalue weighted by molar-refractivity contribution is -0.124. The third kappa shape index (κ3) is 4.89. The third-order valence-corrected chi connectivity index (χ3v) is 4.85. The van der Waals surface area contributed by atoms with Crippen LogP contribution in [0.2, 0.25) is 0 Å². The number of nitrogens with zero attached hydrogens (tertiary/aromatic N) is 4. The molecule has 1 N–H and O–H groups in total. The molecular weight excluding hydrogens is 314 g/mol. The number of carbonyl (C=O) groups excluding carboxylic acids is 1. The Morgan fingerprint density at radius 3 is 2.76 bits per heavy atom. The van der Waals surface area contributed by atoms with E-state index < -0.39 is 0 Å². The van der Waals surface area contributed by atoms with Crippen LogP contribution < -0.4 is 5.32 Å². The molecular formula is C19H27N5O. The summed E-state index contributed by atoms with van der Waals surface area (Å²) < 4.78 is 1.55. The smallest absolute Gasteiger partial charge is 0.244 e. The summed E-state index contributed by atoms with van der Waals surface area (Å²) >= 11 is 0. The monoisotopic (exact) mass is 341 g/mol. The Balaban J connectivity index is 1.48. The van der Waals surface area contributed by atoms with Gasteiger partial charge in [0.05, 0.1) is 0 Å². The molecule has 6 nitrogen and oxygen atoms in total. The summed E-state index contributed by atoms with van der Waals surface area (Å²) in [5.41, 5.74) is 2.44. The lowest BCUT2D eigenvalue weighted by Gasteiger charge is -2.30. The van der Waals surface area contributed by atoms with Gasteiger partial charge in [-0.1, -0.05) is 31.2 Å². The number of hydrogen-bond donors (Lipinski definition) is 1. The van der Waals surface area contributed by atoms with Gasteiger partial charge in [0.15, 0.2) is 0 Å². The van der Waals surface area contributed by atoms with Crippen LogP contribution in [0.3, 0.4) is 0 Å². The molecule has 1 saturated heterocycles. The van der Waals surface area contributed by atoms with E-state index in [0.29, 0.717) is 6.54 Å². The maximum absolute atomic E-state index is 12.2. The fourth-order valence-electron chi connectivity index (χ4n) is 3.33. The minimum absolute atomic E-state index is 0.0584. The minimum atomic E-state index is -0.358. The number of aromatic nitrogens is 3. The maximum atomic E-state index is 12.2. The molecule has 1 aliphatic heterocycles. The van der Waals surface area contributed by atoms with Crippen LogP contribution in [0.5, 0.6) is 0 Å². The average molecular weight is 341 g/mol. The molecule has 2 heterocycles. The van der Waals surface area contributed by atoms with Gasteiger partial charge in [-0.25, -0.2) is 9.67 Å². The molecule has 1 aliphatic rings. The number of rotatable bonds is 6. The summed E-state index contributed by atoms with van der Waals surface area (Å²) in [6, 6.07) is 8.18. The van der Waals surface area contributed by atoms with Gasteiger partial charge in [-0.15, -0.1) is 0 Å². The summed E-state index contributed by atoms with van der Waals surface area (Å²) in [6.07, 6.45) is 5.64. The Kier molecular flexibility index (Phi) is 5.81. The van der Waals surface area contributed by atoms with Gasteiger partial charge in [0.25, 0.3) is 0 Å². The fraction of sp³-hybridized carbons (Fsp3) is 0.526. The normalized spacial score (nSPS) is 19.5. The Bertz CT molecular complexity index is 668. The van der Waals surface area contributed by atoms with Crippen molar-refractivity contribution in [3.05, 3.63) is 48.0 Å². The van der Waals surface area contributed by atoms with E-state index in [9.17, 15) is 4.79 Å². The first-order valence-electron chi connectivity index (χ1n) is 9.04. The molecule has 1 fully saturated rings. The number of hydrogen-bond acceptors (Lipinski definition) is 4. The van der Waals surface area contributed by atoms with Gasteiger partial charge >= 0.3 is 0 Å². The molecule has 1 amide bonds. The molecule has 2 aromatic rings. The Morgan fingerprint density at radius 1 is 1.32 bits per heavy atom. The average Bonchev–Trinajstić information content (AvgIpc) is 3.15. The van der Waals surface area contributed by atoms with Crippen molar-refractivity contribution in [3.8, 4) is 0 Å². The van der Waals surface area contributed by atoms with E-state index in [0.717, 1.165) is 18.0 Å². The van der Waals surface area contributed by atoms with E-state index in [2.05, 4.69) is 51.5 Å². The van der Waals surface area contributed by atoms with Crippen LogP contribution >= 0.6 is 0 Å². The molecule has 2 unspecified atom stereocenters. The third-order valence-electron chi connectivity index (χ3n) is 4.85. The van der Waals surface area contributed by atoms with E-state index in [-0.39, 0.29) is 11.9 Å². The van der Waals surface area contributed by atoms with Gasteiger partial charge < -0.3 is 5.32 Å². The predicted molar refractivity (Wildman–Crippen MR) is 96.7 cm³/mol. The van der Waals surface area contributed by atoms with Crippen molar-refractivity contribution in [3.63, 3.8) is 0 Å². The van der Waals surface area contributed by atoms with Crippen LogP contribution in [0.25, 0.3) is 0 Å². The highest BCUT2D eigenvalue weighted by atomic mass is 16.2. The number of carbonyl (C=O) groups is 1. The van der Waals surface area contributed by atoms with E-state index in [1.807, 2.05) is 6.92 Å². The molecule has 0 aliphatic carbocycles. The van der Waals surface area contributed by atoms with Crippen LogP contribution in [-0.2, 0) is 17.9 Å². The van der Waals surface area contributed by atoms with Gasteiger partial charge in [0.1, 0.15) is 18.7 Å². The highest BCUT2D eigenvalue weighted by Gasteiger charge is 2.16. The second-order valence-corrected chi connectivity index (χ2v) is 7.07. The number of likely N-dealkylation sites (tertiary alicyclic amines) is 1. The van der Waals surface area contributed by atoms with E-state index in [4.69, 9.17) is 0 Å². The summed E-state index contributed by atoms with van der Waals surface area (Å²) in [7, 11) is 0. The second kappa shape index (κ2) is 8.25. The predicted octanol–water partition coefficient (Wildman–Crippen LogP) is 2.39. The summed E-state index contributed by atoms with van der Waals surface area (Å²) in [4.78, 5) is 18.6. The molecule has 6 heteroatoms. The maximum Gasteiger partial charge on any atom is 0.244 e. The quantitative estimate of drug-likeness (QED) is 0.876. The van der Waals surface area contributed by atoms with Crippen LogP contribution in [0.1, 0.15) is 43.9 Å². The topological polar surface area (TPSA) is 63.1 Å². The zero-order valence-electron chi connectivity index (χ0n) is 15.1. The first kappa shape index (κ1) is 17.6. The molecule has 0 saturated carbocycles. The molecule has 0 bridgehead atoms. The van der Waals surface area contributed by atoms with E-state index >= 15 is 0 Å². The molecule has 25 heavy (non-hydrogen) atoms. The van der Waals surface area contributed by atoms with E-state index in [1.165, 1.54) is 37.8 Å². The van der Waals surface area contributed by atoms with E-state index in [1.54, 1.807) is 11.0 Å². The Labute approximate surface area is 149 Å². The SMILES string of the molecule is CC1CCCN(Cc2ccc(CNC(=O)C(C)n3cncn3)cc2)C1.